The van der Waals surface area contributed by atoms with E-state index >= 15 is 0 Å². The molecule has 8 heteroatoms. The molecule has 0 bridgehead atoms. The van der Waals surface area contributed by atoms with Gasteiger partial charge in [-0.1, -0.05) is 6.07 Å². The zero-order valence-corrected chi connectivity index (χ0v) is 16.6. The Morgan fingerprint density at radius 3 is 2.41 bits per heavy atom. The second kappa shape index (κ2) is 8.49. The summed E-state index contributed by atoms with van der Waals surface area (Å²) in [5.74, 6) is -0.0386. The summed E-state index contributed by atoms with van der Waals surface area (Å²) in [5.41, 5.74) is 2.96. The molecule has 2 aromatic rings. The van der Waals surface area contributed by atoms with E-state index in [1.165, 1.54) is 12.1 Å². The average molecular weight is 433 g/mol. The van der Waals surface area contributed by atoms with Gasteiger partial charge in [0, 0.05) is 48.5 Å². The number of carbonyl (C=O) groups excluding carboxylic acids is 1. The van der Waals surface area contributed by atoms with E-state index in [2.05, 4.69) is 31.0 Å². The first-order chi connectivity index (χ1) is 12.9. The van der Waals surface area contributed by atoms with Crippen molar-refractivity contribution >= 4 is 38.9 Å². The number of amides is 1. The molecule has 0 unspecified atom stereocenters. The summed E-state index contributed by atoms with van der Waals surface area (Å²) in [7, 11) is 0. The first-order valence-electron chi connectivity index (χ1n) is 8.70. The van der Waals surface area contributed by atoms with Crippen molar-refractivity contribution in [3.63, 3.8) is 0 Å². The number of halogens is 1. The van der Waals surface area contributed by atoms with Gasteiger partial charge in [-0.3, -0.25) is 19.8 Å². The largest absolute Gasteiger partial charge is 0.369 e. The van der Waals surface area contributed by atoms with Gasteiger partial charge >= 0.3 is 0 Å². The summed E-state index contributed by atoms with van der Waals surface area (Å²) in [6, 6.07) is 12.4. The Balaban J connectivity index is 1.50. The number of nitro groups is 1. The molecule has 27 heavy (non-hydrogen) atoms. The summed E-state index contributed by atoms with van der Waals surface area (Å²) >= 11 is 3.47. The van der Waals surface area contributed by atoms with Crippen LogP contribution in [0.5, 0.6) is 0 Å². The second-order valence-corrected chi connectivity index (χ2v) is 7.42. The van der Waals surface area contributed by atoms with Gasteiger partial charge in [-0.05, 0) is 52.7 Å². The summed E-state index contributed by atoms with van der Waals surface area (Å²) in [4.78, 5) is 27.0. The monoisotopic (exact) mass is 432 g/mol. The molecule has 0 saturated carbocycles. The number of piperazine rings is 1. The highest BCUT2D eigenvalue weighted by Crippen LogP contribution is 2.24. The molecule has 2 aromatic carbocycles. The van der Waals surface area contributed by atoms with Crippen LogP contribution in [0.1, 0.15) is 5.56 Å². The van der Waals surface area contributed by atoms with Gasteiger partial charge in [0.15, 0.2) is 0 Å². The van der Waals surface area contributed by atoms with Crippen molar-refractivity contribution in [2.24, 2.45) is 0 Å². The maximum atomic E-state index is 12.3. The number of nitrogens with zero attached hydrogens (tertiary/aromatic N) is 3. The highest BCUT2D eigenvalue weighted by molar-refractivity contribution is 9.10. The van der Waals surface area contributed by atoms with Gasteiger partial charge in [0.2, 0.25) is 5.91 Å². The molecule has 1 fully saturated rings. The zero-order valence-electron chi connectivity index (χ0n) is 15.0. The first kappa shape index (κ1) is 19.3. The summed E-state index contributed by atoms with van der Waals surface area (Å²) in [6.45, 7) is 5.42. The van der Waals surface area contributed by atoms with E-state index in [0.717, 1.165) is 47.6 Å². The van der Waals surface area contributed by atoms with Gasteiger partial charge in [-0.2, -0.15) is 0 Å². The van der Waals surface area contributed by atoms with E-state index in [0.29, 0.717) is 6.54 Å². The van der Waals surface area contributed by atoms with Crippen LogP contribution in [0, 0.1) is 17.0 Å². The number of rotatable bonds is 5. The Kier molecular flexibility index (Phi) is 6.08. The molecule has 0 atom stereocenters. The van der Waals surface area contributed by atoms with Gasteiger partial charge in [0.1, 0.15) is 0 Å². The van der Waals surface area contributed by atoms with Crippen molar-refractivity contribution in [1.29, 1.82) is 0 Å². The minimum absolute atomic E-state index is 0.0386. The molecule has 1 N–H and O–H groups in total. The van der Waals surface area contributed by atoms with Gasteiger partial charge in [-0.15, -0.1) is 0 Å². The van der Waals surface area contributed by atoms with E-state index < -0.39 is 4.92 Å². The topological polar surface area (TPSA) is 78.7 Å². The van der Waals surface area contributed by atoms with Gasteiger partial charge in [-0.25, -0.2) is 0 Å². The fourth-order valence-electron chi connectivity index (χ4n) is 3.06. The summed E-state index contributed by atoms with van der Waals surface area (Å²) < 4.78 is 0.874. The molecular formula is C19H21BrN4O3. The van der Waals surface area contributed by atoms with Crippen molar-refractivity contribution in [2.75, 3.05) is 42.9 Å². The van der Waals surface area contributed by atoms with Crippen LogP contribution >= 0.6 is 15.9 Å². The number of aryl methyl sites for hydroxylation is 1. The number of anilines is 2. The lowest BCUT2D eigenvalue weighted by Crippen LogP contribution is -2.48. The minimum Gasteiger partial charge on any atom is -0.369 e. The average Bonchev–Trinajstić information content (AvgIpc) is 2.65. The highest BCUT2D eigenvalue weighted by Gasteiger charge is 2.20. The maximum Gasteiger partial charge on any atom is 0.269 e. The van der Waals surface area contributed by atoms with Crippen LogP contribution in [-0.4, -0.2) is 48.5 Å². The molecule has 1 saturated heterocycles. The normalized spacial score (nSPS) is 14.8. The Labute approximate surface area is 166 Å². The number of nitro benzene ring substituents is 1. The quantitative estimate of drug-likeness (QED) is 0.578. The lowest BCUT2D eigenvalue weighted by Gasteiger charge is -2.35. The smallest absolute Gasteiger partial charge is 0.269 e. The van der Waals surface area contributed by atoms with Crippen molar-refractivity contribution in [3.05, 3.63) is 62.6 Å². The van der Waals surface area contributed by atoms with E-state index in [-0.39, 0.29) is 11.6 Å². The minimum atomic E-state index is -0.396. The molecule has 1 amide bonds. The van der Waals surface area contributed by atoms with E-state index in [1.54, 1.807) is 12.1 Å². The standard InChI is InChI=1S/C19H21BrN4O3/c1-14-2-7-18(17(20)12-14)21-19(25)13-22-8-10-23(11-9-22)15-3-5-16(6-4-15)24(26)27/h2-7,12H,8-11,13H2,1H3,(H,21,25). The summed E-state index contributed by atoms with van der Waals surface area (Å²) in [6.07, 6.45) is 0. The maximum absolute atomic E-state index is 12.3. The fourth-order valence-corrected chi connectivity index (χ4v) is 3.66. The molecule has 0 spiro atoms. The van der Waals surface area contributed by atoms with Crippen LogP contribution in [0.3, 0.4) is 0 Å². The Bertz CT molecular complexity index is 833. The zero-order chi connectivity index (χ0) is 19.4. The lowest BCUT2D eigenvalue weighted by molar-refractivity contribution is -0.384. The second-order valence-electron chi connectivity index (χ2n) is 6.57. The number of non-ortho nitro benzene ring substituents is 1. The molecule has 3 rings (SSSR count). The molecule has 0 aromatic heterocycles. The van der Waals surface area contributed by atoms with E-state index in [4.69, 9.17) is 0 Å². The third kappa shape index (κ3) is 5.05. The molecule has 142 valence electrons. The molecule has 7 nitrogen and oxygen atoms in total. The van der Waals surface area contributed by atoms with Crippen LogP contribution < -0.4 is 10.2 Å². The van der Waals surface area contributed by atoms with Crippen LogP contribution in [0.15, 0.2) is 46.9 Å². The number of nitrogens with one attached hydrogen (secondary N) is 1. The Morgan fingerprint density at radius 2 is 1.81 bits per heavy atom. The SMILES string of the molecule is Cc1ccc(NC(=O)CN2CCN(c3ccc([N+](=O)[O-])cc3)CC2)c(Br)c1. The van der Waals surface area contributed by atoms with Gasteiger partial charge in [0.05, 0.1) is 17.2 Å². The van der Waals surface area contributed by atoms with E-state index in [9.17, 15) is 14.9 Å². The van der Waals surface area contributed by atoms with Crippen molar-refractivity contribution in [1.82, 2.24) is 4.90 Å². The molecule has 1 heterocycles. The third-order valence-corrected chi connectivity index (χ3v) is 5.22. The Hall–Kier alpha value is -2.45. The fraction of sp³-hybridized carbons (Fsp3) is 0.316. The van der Waals surface area contributed by atoms with Crippen LogP contribution in [-0.2, 0) is 4.79 Å². The molecule has 1 aliphatic heterocycles. The first-order valence-corrected chi connectivity index (χ1v) is 9.49. The van der Waals surface area contributed by atoms with Gasteiger partial charge in [0.25, 0.3) is 5.69 Å². The molecule has 0 aliphatic carbocycles. The molecular weight excluding hydrogens is 412 g/mol. The van der Waals surface area contributed by atoms with E-state index in [1.807, 2.05) is 25.1 Å². The third-order valence-electron chi connectivity index (χ3n) is 4.56. The predicted octanol–water partition coefficient (Wildman–Crippen LogP) is 3.43. The number of hydrogen-bond donors (Lipinski definition) is 1. The molecule has 1 aliphatic rings. The number of benzene rings is 2. The molecule has 0 radical (unpaired) electrons. The Morgan fingerprint density at radius 1 is 1.15 bits per heavy atom. The van der Waals surface area contributed by atoms with Crippen molar-refractivity contribution < 1.29 is 9.72 Å². The van der Waals surface area contributed by atoms with Crippen LogP contribution in [0.2, 0.25) is 0 Å². The van der Waals surface area contributed by atoms with Crippen molar-refractivity contribution in [2.45, 2.75) is 6.92 Å². The highest BCUT2D eigenvalue weighted by atomic mass is 79.9. The van der Waals surface area contributed by atoms with Gasteiger partial charge < -0.3 is 10.2 Å². The van der Waals surface area contributed by atoms with Crippen molar-refractivity contribution in [3.8, 4) is 0 Å². The number of carbonyl (C=O) groups is 1. The van der Waals surface area contributed by atoms with Crippen LogP contribution in [0.4, 0.5) is 17.1 Å². The predicted molar refractivity (Wildman–Crippen MR) is 109 cm³/mol. The van der Waals surface area contributed by atoms with Crippen LogP contribution in [0.25, 0.3) is 0 Å². The summed E-state index contributed by atoms with van der Waals surface area (Å²) in [5, 5.41) is 13.7. The lowest BCUT2D eigenvalue weighted by atomic mass is 10.2. The number of hydrogen-bond acceptors (Lipinski definition) is 5.